The average molecular weight is 328 g/mol. The molecule has 102 valence electrons. The lowest BCUT2D eigenvalue weighted by Gasteiger charge is -2.11. The standard InChI is InChI=1S/C13H14BrNO4/c14-9-1-3-10(4-2-9)19-8-7-15-11(16)13(5-6-13)12(17)18/h1-4H,5-8H2,(H,15,16)(H,17,18). The predicted octanol–water partition coefficient (Wildman–Crippen LogP) is 1.81. The number of carboxylic acid groups (broad SMARTS) is 1. The fourth-order valence-corrected chi connectivity index (χ4v) is 1.96. The molecule has 0 unspecified atom stereocenters. The number of carboxylic acids is 1. The second-order valence-electron chi connectivity index (χ2n) is 4.45. The van der Waals surface area contributed by atoms with Gasteiger partial charge < -0.3 is 15.2 Å². The van der Waals surface area contributed by atoms with Gasteiger partial charge in [0.25, 0.3) is 0 Å². The van der Waals surface area contributed by atoms with E-state index in [1.807, 2.05) is 24.3 Å². The van der Waals surface area contributed by atoms with E-state index in [4.69, 9.17) is 9.84 Å². The summed E-state index contributed by atoms with van der Waals surface area (Å²) in [6.45, 7) is 0.604. The van der Waals surface area contributed by atoms with Gasteiger partial charge in [0.05, 0.1) is 6.54 Å². The first-order valence-electron chi connectivity index (χ1n) is 5.95. The molecule has 1 aromatic rings. The molecule has 1 aromatic carbocycles. The van der Waals surface area contributed by atoms with Crippen molar-refractivity contribution < 1.29 is 19.4 Å². The van der Waals surface area contributed by atoms with Gasteiger partial charge in [-0.15, -0.1) is 0 Å². The Morgan fingerprint density at radius 1 is 1.32 bits per heavy atom. The topological polar surface area (TPSA) is 75.6 Å². The second-order valence-corrected chi connectivity index (χ2v) is 5.36. The third-order valence-corrected chi connectivity index (χ3v) is 3.59. The van der Waals surface area contributed by atoms with Crippen LogP contribution in [-0.4, -0.2) is 30.1 Å². The summed E-state index contributed by atoms with van der Waals surface area (Å²) in [5.74, 6) is -0.755. The Kier molecular flexibility index (Phi) is 4.09. The van der Waals surface area contributed by atoms with Crippen LogP contribution in [0.2, 0.25) is 0 Å². The number of aliphatic carboxylic acids is 1. The minimum Gasteiger partial charge on any atom is -0.492 e. The zero-order chi connectivity index (χ0) is 13.9. The van der Waals surface area contributed by atoms with Gasteiger partial charge in [-0.2, -0.15) is 0 Å². The maximum absolute atomic E-state index is 11.7. The highest BCUT2D eigenvalue weighted by Crippen LogP contribution is 2.45. The number of amides is 1. The second kappa shape index (κ2) is 5.61. The molecule has 0 aliphatic heterocycles. The highest BCUT2D eigenvalue weighted by atomic mass is 79.9. The summed E-state index contributed by atoms with van der Waals surface area (Å²) < 4.78 is 6.39. The maximum atomic E-state index is 11.7. The zero-order valence-corrected chi connectivity index (χ0v) is 11.8. The molecule has 1 aliphatic rings. The number of carbonyl (C=O) groups is 2. The van der Waals surface area contributed by atoms with Crippen molar-refractivity contribution in [3.63, 3.8) is 0 Å². The van der Waals surface area contributed by atoms with Crippen molar-refractivity contribution in [2.45, 2.75) is 12.8 Å². The summed E-state index contributed by atoms with van der Waals surface area (Å²) >= 11 is 3.32. The Hall–Kier alpha value is -1.56. The molecule has 0 saturated heterocycles. The zero-order valence-electron chi connectivity index (χ0n) is 10.2. The van der Waals surface area contributed by atoms with E-state index in [1.54, 1.807) is 0 Å². The van der Waals surface area contributed by atoms with Gasteiger partial charge >= 0.3 is 5.97 Å². The number of hydrogen-bond donors (Lipinski definition) is 2. The van der Waals surface area contributed by atoms with E-state index < -0.39 is 17.3 Å². The first-order chi connectivity index (χ1) is 9.04. The van der Waals surface area contributed by atoms with Gasteiger partial charge in [0, 0.05) is 4.47 Å². The Morgan fingerprint density at radius 3 is 2.47 bits per heavy atom. The summed E-state index contributed by atoms with van der Waals surface area (Å²) in [7, 11) is 0. The lowest BCUT2D eigenvalue weighted by atomic mass is 10.1. The molecule has 0 bridgehead atoms. The van der Waals surface area contributed by atoms with Gasteiger partial charge in [0.1, 0.15) is 17.8 Å². The van der Waals surface area contributed by atoms with Gasteiger partial charge in [0.2, 0.25) is 5.91 Å². The Bertz CT molecular complexity index is 482. The smallest absolute Gasteiger partial charge is 0.319 e. The number of carbonyl (C=O) groups excluding carboxylic acids is 1. The lowest BCUT2D eigenvalue weighted by molar-refractivity contribution is -0.149. The van der Waals surface area contributed by atoms with Crippen LogP contribution >= 0.6 is 15.9 Å². The van der Waals surface area contributed by atoms with Gasteiger partial charge in [0.15, 0.2) is 0 Å². The molecule has 5 nitrogen and oxygen atoms in total. The van der Waals surface area contributed by atoms with Crippen LogP contribution in [0.4, 0.5) is 0 Å². The summed E-state index contributed by atoms with van der Waals surface area (Å²) in [5.41, 5.74) is -1.18. The van der Waals surface area contributed by atoms with Crippen LogP contribution in [0.5, 0.6) is 5.75 Å². The van der Waals surface area contributed by atoms with Crippen LogP contribution in [0.1, 0.15) is 12.8 Å². The van der Waals surface area contributed by atoms with Crippen LogP contribution in [-0.2, 0) is 9.59 Å². The van der Waals surface area contributed by atoms with Crippen LogP contribution in [0, 0.1) is 5.41 Å². The molecule has 2 N–H and O–H groups in total. The Labute approximate surface area is 119 Å². The van der Waals surface area contributed by atoms with E-state index in [0.717, 1.165) is 4.47 Å². The quantitative estimate of drug-likeness (QED) is 0.617. The van der Waals surface area contributed by atoms with Crippen molar-refractivity contribution >= 4 is 27.8 Å². The van der Waals surface area contributed by atoms with E-state index in [9.17, 15) is 9.59 Å². The molecule has 0 aromatic heterocycles. The molecule has 0 radical (unpaired) electrons. The van der Waals surface area contributed by atoms with E-state index in [-0.39, 0.29) is 0 Å². The molecule has 1 fully saturated rings. The van der Waals surface area contributed by atoms with E-state index in [0.29, 0.717) is 31.7 Å². The first kappa shape index (κ1) is 13.9. The molecular formula is C13H14BrNO4. The van der Waals surface area contributed by atoms with Crippen molar-refractivity contribution in [2.75, 3.05) is 13.2 Å². The third kappa shape index (κ3) is 3.26. The normalized spacial score (nSPS) is 15.6. The highest BCUT2D eigenvalue weighted by molar-refractivity contribution is 9.10. The summed E-state index contributed by atoms with van der Waals surface area (Å²) in [6, 6.07) is 7.34. The van der Waals surface area contributed by atoms with E-state index in [1.165, 1.54) is 0 Å². The van der Waals surface area contributed by atoms with Crippen molar-refractivity contribution in [1.82, 2.24) is 5.32 Å². The van der Waals surface area contributed by atoms with Gasteiger partial charge in [-0.1, -0.05) is 15.9 Å². The monoisotopic (exact) mass is 327 g/mol. The summed E-state index contributed by atoms with van der Waals surface area (Å²) in [6.07, 6.45) is 0.837. The fraction of sp³-hybridized carbons (Fsp3) is 0.385. The van der Waals surface area contributed by atoms with Crippen LogP contribution in [0.3, 0.4) is 0 Å². The van der Waals surface area contributed by atoms with Gasteiger partial charge in [-0.25, -0.2) is 0 Å². The predicted molar refractivity (Wildman–Crippen MR) is 71.9 cm³/mol. The molecular weight excluding hydrogens is 314 g/mol. The van der Waals surface area contributed by atoms with Crippen LogP contribution in [0.25, 0.3) is 0 Å². The number of hydrogen-bond acceptors (Lipinski definition) is 3. The molecule has 0 spiro atoms. The van der Waals surface area contributed by atoms with Crippen molar-refractivity contribution in [1.29, 1.82) is 0 Å². The van der Waals surface area contributed by atoms with Crippen LogP contribution < -0.4 is 10.1 Å². The minimum atomic E-state index is -1.18. The lowest BCUT2D eigenvalue weighted by Crippen LogP contribution is -2.38. The molecule has 2 rings (SSSR count). The number of benzene rings is 1. The fourth-order valence-electron chi connectivity index (χ4n) is 1.70. The Morgan fingerprint density at radius 2 is 1.95 bits per heavy atom. The summed E-state index contributed by atoms with van der Waals surface area (Å²) in [5, 5.41) is 11.5. The minimum absolute atomic E-state index is 0.296. The molecule has 1 amide bonds. The largest absolute Gasteiger partial charge is 0.492 e. The molecule has 19 heavy (non-hydrogen) atoms. The van der Waals surface area contributed by atoms with Crippen LogP contribution in [0.15, 0.2) is 28.7 Å². The number of ether oxygens (including phenoxy) is 1. The highest BCUT2D eigenvalue weighted by Gasteiger charge is 2.56. The molecule has 1 saturated carbocycles. The number of rotatable bonds is 6. The third-order valence-electron chi connectivity index (χ3n) is 3.06. The van der Waals surface area contributed by atoms with E-state index >= 15 is 0 Å². The SMILES string of the molecule is O=C(O)C1(C(=O)NCCOc2ccc(Br)cc2)CC1. The molecule has 0 atom stereocenters. The van der Waals surface area contributed by atoms with Crippen molar-refractivity contribution in [3.05, 3.63) is 28.7 Å². The van der Waals surface area contributed by atoms with E-state index in [2.05, 4.69) is 21.2 Å². The van der Waals surface area contributed by atoms with Crippen molar-refractivity contribution in [2.24, 2.45) is 5.41 Å². The Balaban J connectivity index is 1.71. The maximum Gasteiger partial charge on any atom is 0.319 e. The summed E-state index contributed by atoms with van der Waals surface area (Å²) in [4.78, 5) is 22.6. The number of nitrogens with one attached hydrogen (secondary N) is 1. The number of halogens is 1. The molecule has 0 heterocycles. The van der Waals surface area contributed by atoms with Gasteiger partial charge in [-0.3, -0.25) is 9.59 Å². The average Bonchev–Trinajstić information content (AvgIpc) is 3.18. The van der Waals surface area contributed by atoms with Gasteiger partial charge in [-0.05, 0) is 37.1 Å². The van der Waals surface area contributed by atoms with Crippen molar-refractivity contribution in [3.8, 4) is 5.75 Å². The molecule has 1 aliphatic carbocycles. The molecule has 6 heteroatoms. The first-order valence-corrected chi connectivity index (χ1v) is 6.74.